The summed E-state index contributed by atoms with van der Waals surface area (Å²) in [6.45, 7) is 11.6. The predicted molar refractivity (Wildman–Crippen MR) is 544 cm³/mol. The lowest BCUT2D eigenvalue weighted by Gasteiger charge is -2.40. The Morgan fingerprint density at radius 3 is 1.00 bits per heavy atom. The van der Waals surface area contributed by atoms with E-state index in [0.717, 1.165) is 121 Å². The van der Waals surface area contributed by atoms with Gasteiger partial charge in [0, 0.05) is 114 Å². The molecule has 6 heterocycles. The van der Waals surface area contributed by atoms with Crippen LogP contribution in [0.1, 0.15) is 235 Å². The number of fused-ring (bicyclic) bond motifs is 4. The van der Waals surface area contributed by atoms with Gasteiger partial charge in [0.05, 0.1) is 36.4 Å². The molecule has 2 saturated heterocycles. The average Bonchev–Trinajstić information content (AvgIpc) is 1.64. The van der Waals surface area contributed by atoms with Crippen LogP contribution in [0.5, 0.6) is 23.0 Å². The summed E-state index contributed by atoms with van der Waals surface area (Å²) in [5, 5.41) is 9.35. The molecule has 4 saturated carbocycles. The highest BCUT2D eigenvalue weighted by molar-refractivity contribution is 9.11. The Labute approximate surface area is 805 Å². The van der Waals surface area contributed by atoms with E-state index in [2.05, 4.69) is 169 Å². The monoisotopic (exact) mass is 1950 g/mol. The summed E-state index contributed by atoms with van der Waals surface area (Å²) in [6.07, 6.45) is 45.3. The second kappa shape index (κ2) is 51.7. The van der Waals surface area contributed by atoms with E-state index in [4.69, 9.17) is 70.2 Å². The molecule has 0 radical (unpaired) electrons. The highest BCUT2D eigenvalue weighted by Crippen LogP contribution is 2.39. The van der Waals surface area contributed by atoms with Crippen LogP contribution in [-0.4, -0.2) is 92.0 Å². The topological polar surface area (TPSA) is 92.7 Å². The maximum absolute atomic E-state index is 11.8. The van der Waals surface area contributed by atoms with Gasteiger partial charge in [-0.2, -0.15) is 0 Å². The Morgan fingerprint density at radius 1 is 0.357 bits per heavy atom. The van der Waals surface area contributed by atoms with Crippen molar-refractivity contribution in [1.29, 1.82) is 0 Å². The van der Waals surface area contributed by atoms with Crippen LogP contribution >= 0.6 is 78.3 Å². The molecular weight excluding hydrogens is 1820 g/mol. The summed E-state index contributed by atoms with van der Waals surface area (Å²) >= 11 is 31.6. The van der Waals surface area contributed by atoms with Gasteiger partial charge in [0.2, 0.25) is 0 Å². The predicted octanol–water partition coefficient (Wildman–Crippen LogP) is 31.4. The summed E-state index contributed by atoms with van der Waals surface area (Å²) < 4.78 is 36.3. The van der Waals surface area contributed by atoms with E-state index >= 15 is 0 Å². The number of likely N-dealkylation sites (N-methyl/N-ethyl adjacent to an activating group) is 1. The highest BCUT2D eigenvalue weighted by Gasteiger charge is 2.28. The van der Waals surface area contributed by atoms with E-state index in [-0.39, 0.29) is 5.91 Å². The number of aromatic nitrogens is 4. The number of hydrogen-bond donors (Lipinski definition) is 0. The van der Waals surface area contributed by atoms with Crippen LogP contribution in [0.15, 0.2) is 215 Å². The van der Waals surface area contributed by atoms with Crippen molar-refractivity contribution >= 4 is 128 Å². The van der Waals surface area contributed by atoms with Gasteiger partial charge in [-0.15, -0.1) is 0 Å². The van der Waals surface area contributed by atoms with E-state index in [0.29, 0.717) is 33.0 Å². The molecule has 0 unspecified atom stereocenters. The lowest BCUT2D eigenvalue weighted by molar-refractivity contribution is -0.170. The number of nitrogens with zero attached hydrogens (tertiary/aromatic N) is 7. The summed E-state index contributed by atoms with van der Waals surface area (Å²) in [7, 11) is 3.20. The van der Waals surface area contributed by atoms with Crippen LogP contribution in [0, 0.1) is 23.7 Å². The third-order valence-electron chi connectivity index (χ3n) is 27.9. The molecule has 0 atom stereocenters. The molecule has 0 N–H and O–H groups in total. The van der Waals surface area contributed by atoms with Gasteiger partial charge in [0.15, 0.2) is 0 Å². The second-order valence-electron chi connectivity index (χ2n) is 36.8. The van der Waals surface area contributed by atoms with E-state index in [1.807, 2.05) is 97.1 Å². The number of halogens is 6. The number of likely N-dealkylation sites (tertiary alicyclic amines) is 2. The van der Waals surface area contributed by atoms with Crippen LogP contribution in [0.3, 0.4) is 0 Å². The average molecular weight is 1950 g/mol. The van der Waals surface area contributed by atoms with Gasteiger partial charge in [0.1, 0.15) is 49.4 Å². The molecule has 1 amide bonds. The fourth-order valence-electron chi connectivity index (χ4n) is 20.6. The molecular formula is C110H137Br2Cl4N7O6. The fourth-order valence-corrected chi connectivity index (χ4v) is 22.5. The Morgan fingerprint density at radius 2 is 0.659 bits per heavy atom. The van der Waals surface area contributed by atoms with Gasteiger partial charge in [-0.1, -0.05) is 254 Å². The molecule has 129 heavy (non-hydrogen) atoms. The van der Waals surface area contributed by atoms with Gasteiger partial charge in [-0.3, -0.25) is 14.5 Å². The van der Waals surface area contributed by atoms with Gasteiger partial charge < -0.3 is 42.1 Å². The van der Waals surface area contributed by atoms with Crippen molar-refractivity contribution in [1.82, 2.24) is 33.1 Å². The van der Waals surface area contributed by atoms with Crippen LogP contribution < -0.4 is 18.9 Å². The quantitative estimate of drug-likeness (QED) is 0.0385. The number of hydroxylamine groups is 2. The standard InChI is InChI=1S/2C24H27BrClNO.2C24H28ClNO.C14H27N3O2/c2*25-24-21-10-4-5-11-22(21)27(16-6-9-18-7-2-1-3-8-18)23(24)17-28-20-14-12-19(26)13-15-20;2*25-21-12-14-23(15-13-21)27-18-22-17-20-10-4-5-11-24(20)26(22)16-6-9-19-7-2-1-3-8-19;1-15(19-2)14(18)12-16-10-6-13(7-11-16)17-8-4-3-5-9-17/h2*4-5,10-15,18H,1-3,6-9,16-17H2;2*4-5,10-15,17,19H,1-3,6-9,16,18H2;13H,3-12H2,1-2H3. The molecule has 4 aliphatic carbocycles. The highest BCUT2D eigenvalue weighted by atomic mass is 79.9. The van der Waals surface area contributed by atoms with Crippen molar-refractivity contribution in [3.8, 4) is 23.0 Å². The summed E-state index contributed by atoms with van der Waals surface area (Å²) in [5.41, 5.74) is 10.1. The van der Waals surface area contributed by atoms with Crippen molar-refractivity contribution in [2.75, 3.05) is 46.9 Å². The Bertz CT molecular complexity index is 5030. The first-order chi connectivity index (χ1) is 63.2. The zero-order valence-electron chi connectivity index (χ0n) is 76.4. The number of carbonyl (C=O) groups is 1. The number of para-hydroxylation sites is 4. The van der Waals surface area contributed by atoms with E-state index in [1.54, 1.807) is 7.05 Å². The molecule has 2 aliphatic heterocycles. The molecule has 13 nitrogen and oxygen atoms in total. The lowest BCUT2D eigenvalue weighted by Crippen LogP contribution is -2.48. The fraction of sp³-hybridized carbons (Fsp3) is 0.482. The van der Waals surface area contributed by atoms with Gasteiger partial charge >= 0.3 is 0 Å². The van der Waals surface area contributed by atoms with Crippen molar-refractivity contribution in [3.05, 3.63) is 258 Å². The van der Waals surface area contributed by atoms with Crippen LogP contribution in [0.25, 0.3) is 43.6 Å². The van der Waals surface area contributed by atoms with Gasteiger partial charge in [-0.25, -0.2) is 5.06 Å². The molecule has 0 spiro atoms. The first-order valence-corrected chi connectivity index (χ1v) is 51.8. The summed E-state index contributed by atoms with van der Waals surface area (Å²) in [6, 6.07) is 70.2. The van der Waals surface area contributed by atoms with Crippen molar-refractivity contribution in [2.24, 2.45) is 23.7 Å². The number of hydrogen-bond acceptors (Lipinski definition) is 8. The number of benzene rings is 8. The van der Waals surface area contributed by atoms with E-state index < -0.39 is 0 Å². The smallest absolute Gasteiger partial charge is 0.259 e. The number of amides is 1. The maximum Gasteiger partial charge on any atom is 0.259 e. The number of carbonyl (C=O) groups excluding carboxylic acids is 1. The molecule has 19 heteroatoms. The molecule has 18 rings (SSSR count). The number of piperidine rings is 2. The second-order valence-corrected chi connectivity index (χ2v) is 40.1. The molecule has 8 aromatic carbocycles. The molecule has 690 valence electrons. The van der Waals surface area contributed by atoms with Crippen LogP contribution in [0.4, 0.5) is 0 Å². The van der Waals surface area contributed by atoms with Crippen LogP contribution in [-0.2, 0) is 62.2 Å². The summed E-state index contributed by atoms with van der Waals surface area (Å²) in [5.74, 6) is 7.17. The molecule has 6 aliphatic rings. The number of aryl methyl sites for hydroxylation is 4. The number of rotatable bonds is 32. The van der Waals surface area contributed by atoms with Crippen molar-refractivity contribution in [3.63, 3.8) is 0 Å². The molecule has 4 aromatic heterocycles. The van der Waals surface area contributed by atoms with E-state index in [9.17, 15) is 4.79 Å². The van der Waals surface area contributed by atoms with Crippen molar-refractivity contribution in [2.45, 2.75) is 271 Å². The molecule has 6 fully saturated rings. The lowest BCUT2D eigenvalue weighted by atomic mass is 9.86. The zero-order valence-corrected chi connectivity index (χ0v) is 82.6. The van der Waals surface area contributed by atoms with E-state index in [1.165, 1.54) is 304 Å². The van der Waals surface area contributed by atoms with Gasteiger partial charge in [-0.05, 0) is 290 Å². The third-order valence-corrected chi connectivity index (χ3v) is 30.7. The first-order valence-electron chi connectivity index (χ1n) is 48.7. The maximum atomic E-state index is 11.8. The Balaban J connectivity index is 0.000000131. The Hall–Kier alpha value is -7.41. The normalized spacial score (nSPS) is 16.5. The largest absolute Gasteiger partial charge is 0.487 e. The zero-order chi connectivity index (χ0) is 89.3. The third kappa shape index (κ3) is 29.3. The molecule has 0 bridgehead atoms. The van der Waals surface area contributed by atoms with Gasteiger partial charge in [0.25, 0.3) is 5.91 Å². The Kier molecular flexibility index (Phi) is 39.1. The minimum Gasteiger partial charge on any atom is -0.487 e. The minimum absolute atomic E-state index is 0.0407. The summed E-state index contributed by atoms with van der Waals surface area (Å²) in [4.78, 5) is 21.6. The first kappa shape index (κ1) is 97.6. The molecule has 12 aromatic rings. The number of ether oxygens (including phenoxy) is 4. The minimum atomic E-state index is 0.0407. The van der Waals surface area contributed by atoms with Crippen molar-refractivity contribution < 1.29 is 28.6 Å². The SMILES string of the molecule is CON(C)C(=O)CN1CCC(N2CCCCC2)CC1.Clc1ccc(OCc2c(Br)c3ccccc3n2CCCC2CCCCC2)cc1.Clc1ccc(OCc2c(Br)c3ccccc3n2CCCC2CCCCC2)cc1.Clc1ccc(OCc2cc3ccccc3n2CCCC2CCCCC2)cc1.Clc1ccc(OCc2cc3ccccc3n2CCCC2CCCCC2)cc1. The van der Waals surface area contributed by atoms with Crippen LogP contribution in [0.2, 0.25) is 20.1 Å².